The minimum atomic E-state index is -3.38. The van der Waals surface area contributed by atoms with Gasteiger partial charge in [0.15, 0.2) is 9.84 Å². The summed E-state index contributed by atoms with van der Waals surface area (Å²) >= 11 is 5.90. The molecule has 0 spiro atoms. The summed E-state index contributed by atoms with van der Waals surface area (Å²) in [6.07, 6.45) is 1.09. The molecule has 1 aromatic carbocycles. The van der Waals surface area contributed by atoms with Crippen LogP contribution in [0.3, 0.4) is 0 Å². The van der Waals surface area contributed by atoms with E-state index in [2.05, 4.69) is 0 Å². The highest BCUT2D eigenvalue weighted by Gasteiger charge is 2.27. The van der Waals surface area contributed by atoms with Gasteiger partial charge in [0.1, 0.15) is 0 Å². The van der Waals surface area contributed by atoms with Gasteiger partial charge in [-0.15, -0.1) is 0 Å². The zero-order valence-electron chi connectivity index (χ0n) is 8.78. The lowest BCUT2D eigenvalue weighted by Crippen LogP contribution is -2.20. The Labute approximate surface area is 94.6 Å². The second kappa shape index (κ2) is 3.77. The van der Waals surface area contributed by atoms with E-state index >= 15 is 0 Å². The van der Waals surface area contributed by atoms with Gasteiger partial charge in [0.2, 0.25) is 0 Å². The van der Waals surface area contributed by atoms with Crippen LogP contribution in [-0.2, 0) is 15.4 Å². The lowest BCUT2D eigenvalue weighted by atomic mass is 9.98. The average Bonchev–Trinajstić information content (AvgIpc) is 1.99. The fourth-order valence-corrected chi connectivity index (χ4v) is 2.93. The molecule has 0 heterocycles. The van der Waals surface area contributed by atoms with Crippen LogP contribution in [0.15, 0.2) is 23.1 Å². The zero-order valence-corrected chi connectivity index (χ0v) is 10.4. The monoisotopic (exact) mass is 248 g/mol. The molecule has 0 aliphatic heterocycles. The highest BCUT2D eigenvalue weighted by Crippen LogP contribution is 2.33. The Morgan fingerprint density at radius 3 is 2.20 bits per heavy atom. The Morgan fingerprint density at radius 2 is 1.87 bits per heavy atom. The van der Waals surface area contributed by atoms with E-state index in [1.54, 1.807) is 12.1 Å². The molecular formula is C10H13ClO3S. The fraction of sp³-hybridized carbons (Fsp3) is 0.400. The molecule has 0 aromatic heterocycles. The fourth-order valence-electron chi connectivity index (χ4n) is 1.41. The summed E-state index contributed by atoms with van der Waals surface area (Å²) in [6.45, 7) is 3.01. The number of halogens is 1. The van der Waals surface area contributed by atoms with Crippen LogP contribution in [0.2, 0.25) is 5.02 Å². The number of benzene rings is 1. The Balaban J connectivity index is 3.63. The van der Waals surface area contributed by atoms with Crippen LogP contribution < -0.4 is 0 Å². The molecule has 0 aliphatic rings. The van der Waals surface area contributed by atoms with Crippen molar-refractivity contribution >= 4 is 21.4 Å². The number of hydrogen-bond donors (Lipinski definition) is 1. The first kappa shape index (κ1) is 12.5. The second-order valence-corrected chi connectivity index (χ2v) is 6.34. The van der Waals surface area contributed by atoms with Gasteiger partial charge in [-0.2, -0.15) is 0 Å². The van der Waals surface area contributed by atoms with E-state index in [0.717, 1.165) is 6.26 Å². The molecule has 0 atom stereocenters. The number of sulfone groups is 1. The van der Waals surface area contributed by atoms with Crippen LogP contribution in [0.4, 0.5) is 0 Å². The van der Waals surface area contributed by atoms with Crippen molar-refractivity contribution in [2.24, 2.45) is 0 Å². The van der Waals surface area contributed by atoms with Crippen molar-refractivity contribution in [2.75, 3.05) is 6.26 Å². The predicted octanol–water partition coefficient (Wildman–Crippen LogP) is 1.97. The Morgan fingerprint density at radius 1 is 1.33 bits per heavy atom. The van der Waals surface area contributed by atoms with Gasteiger partial charge in [-0.3, -0.25) is 0 Å². The first-order valence-electron chi connectivity index (χ1n) is 4.35. The van der Waals surface area contributed by atoms with E-state index in [1.807, 2.05) is 0 Å². The van der Waals surface area contributed by atoms with Crippen molar-refractivity contribution in [1.29, 1.82) is 0 Å². The van der Waals surface area contributed by atoms with Gasteiger partial charge < -0.3 is 5.11 Å². The molecule has 15 heavy (non-hydrogen) atoms. The van der Waals surface area contributed by atoms with Crippen LogP contribution in [0.1, 0.15) is 19.4 Å². The molecule has 0 saturated carbocycles. The van der Waals surface area contributed by atoms with Gasteiger partial charge in [0.05, 0.1) is 10.5 Å². The highest BCUT2D eigenvalue weighted by molar-refractivity contribution is 7.90. The molecule has 1 N–H and O–H groups in total. The third-order valence-corrected chi connectivity index (χ3v) is 3.44. The standard InChI is InChI=1S/C10H13ClO3S/c1-10(2,12)9-7(11)5-4-6-8(9)15(3,13)14/h4-6,12H,1-3H3. The molecule has 0 aliphatic carbocycles. The molecule has 0 saturated heterocycles. The maximum Gasteiger partial charge on any atom is 0.175 e. The van der Waals surface area contributed by atoms with Crippen molar-refractivity contribution in [1.82, 2.24) is 0 Å². The van der Waals surface area contributed by atoms with Crippen LogP contribution >= 0.6 is 11.6 Å². The third kappa shape index (κ3) is 2.71. The normalized spacial score (nSPS) is 12.9. The van der Waals surface area contributed by atoms with Crippen LogP contribution in [0.5, 0.6) is 0 Å². The molecule has 1 aromatic rings. The van der Waals surface area contributed by atoms with Crippen molar-refractivity contribution < 1.29 is 13.5 Å². The molecule has 0 radical (unpaired) electrons. The van der Waals surface area contributed by atoms with Crippen LogP contribution in [0, 0.1) is 0 Å². The summed E-state index contributed by atoms with van der Waals surface area (Å²) in [6, 6.07) is 4.55. The molecule has 0 unspecified atom stereocenters. The molecular weight excluding hydrogens is 236 g/mol. The molecule has 0 amide bonds. The first-order chi connectivity index (χ1) is 6.64. The van der Waals surface area contributed by atoms with Crippen LogP contribution in [0.25, 0.3) is 0 Å². The van der Waals surface area contributed by atoms with Gasteiger partial charge in [-0.25, -0.2) is 8.42 Å². The maximum absolute atomic E-state index is 11.5. The first-order valence-corrected chi connectivity index (χ1v) is 6.62. The van der Waals surface area contributed by atoms with E-state index in [9.17, 15) is 13.5 Å². The van der Waals surface area contributed by atoms with E-state index in [-0.39, 0.29) is 15.5 Å². The number of aliphatic hydroxyl groups is 1. The molecule has 0 fully saturated rings. The van der Waals surface area contributed by atoms with Gasteiger partial charge in [0.25, 0.3) is 0 Å². The van der Waals surface area contributed by atoms with Gasteiger partial charge in [-0.05, 0) is 26.0 Å². The minimum absolute atomic E-state index is 0.0718. The van der Waals surface area contributed by atoms with E-state index in [1.165, 1.54) is 19.9 Å². The molecule has 5 heteroatoms. The smallest absolute Gasteiger partial charge is 0.175 e. The summed E-state index contributed by atoms with van der Waals surface area (Å²) in [5.41, 5.74) is -1.04. The van der Waals surface area contributed by atoms with Crippen molar-refractivity contribution in [3.63, 3.8) is 0 Å². The minimum Gasteiger partial charge on any atom is -0.386 e. The van der Waals surface area contributed by atoms with Crippen molar-refractivity contribution in [3.8, 4) is 0 Å². The van der Waals surface area contributed by atoms with Crippen molar-refractivity contribution in [3.05, 3.63) is 28.8 Å². The van der Waals surface area contributed by atoms with Gasteiger partial charge in [0, 0.05) is 16.8 Å². The van der Waals surface area contributed by atoms with E-state index in [4.69, 9.17) is 11.6 Å². The van der Waals surface area contributed by atoms with Gasteiger partial charge in [-0.1, -0.05) is 17.7 Å². The second-order valence-electron chi connectivity index (χ2n) is 3.94. The molecule has 1 rings (SSSR count). The Bertz CT molecular complexity index is 472. The van der Waals surface area contributed by atoms with Crippen LogP contribution in [-0.4, -0.2) is 19.8 Å². The average molecular weight is 249 g/mol. The summed E-state index contributed by atoms with van der Waals surface area (Å²) < 4.78 is 23.0. The van der Waals surface area contributed by atoms with E-state index < -0.39 is 15.4 Å². The quantitative estimate of drug-likeness (QED) is 0.871. The summed E-state index contributed by atoms with van der Waals surface area (Å²) in [5, 5.41) is 10.1. The third-order valence-electron chi connectivity index (χ3n) is 1.99. The number of rotatable bonds is 2. The topological polar surface area (TPSA) is 54.4 Å². The maximum atomic E-state index is 11.5. The number of hydrogen-bond acceptors (Lipinski definition) is 3. The lowest BCUT2D eigenvalue weighted by Gasteiger charge is -2.22. The predicted molar refractivity (Wildman–Crippen MR) is 59.8 cm³/mol. The molecule has 84 valence electrons. The van der Waals surface area contributed by atoms with E-state index in [0.29, 0.717) is 0 Å². The Hall–Kier alpha value is -0.580. The van der Waals surface area contributed by atoms with Gasteiger partial charge >= 0.3 is 0 Å². The summed E-state index contributed by atoms with van der Waals surface area (Å²) in [4.78, 5) is 0.0718. The summed E-state index contributed by atoms with van der Waals surface area (Å²) in [7, 11) is -3.38. The molecule has 0 bridgehead atoms. The Kier molecular flexibility index (Phi) is 3.14. The zero-order chi connectivity index (χ0) is 11.9. The van der Waals surface area contributed by atoms with Crippen molar-refractivity contribution in [2.45, 2.75) is 24.3 Å². The SMILES string of the molecule is CC(C)(O)c1c(Cl)cccc1S(C)(=O)=O. The largest absolute Gasteiger partial charge is 0.386 e. The summed E-state index contributed by atoms with van der Waals surface area (Å²) in [5.74, 6) is 0. The highest BCUT2D eigenvalue weighted by atomic mass is 35.5. The molecule has 3 nitrogen and oxygen atoms in total. The lowest BCUT2D eigenvalue weighted by molar-refractivity contribution is 0.0756.